The van der Waals surface area contributed by atoms with E-state index < -0.39 is 0 Å². The number of halogens is 1. The summed E-state index contributed by atoms with van der Waals surface area (Å²) < 4.78 is 0. The van der Waals surface area contributed by atoms with Gasteiger partial charge in [0.05, 0.1) is 11.1 Å². The standard InChI is InChI=1S/C16H21N3O3.ClH/c1-18(2)11-9-17-14(20)8-5-10-19-15(21)12-6-3-4-7-13(12)16(19)22;/h3-4,6-7H,5,8-11H2,1-2H3,(H,17,20);1H. The van der Waals surface area contributed by atoms with E-state index in [1.165, 1.54) is 4.90 Å². The molecule has 126 valence electrons. The molecule has 0 atom stereocenters. The van der Waals surface area contributed by atoms with Gasteiger partial charge >= 0.3 is 0 Å². The first-order valence-electron chi connectivity index (χ1n) is 7.37. The minimum Gasteiger partial charge on any atom is -0.355 e. The summed E-state index contributed by atoms with van der Waals surface area (Å²) >= 11 is 0. The van der Waals surface area contributed by atoms with Crippen molar-refractivity contribution in [1.82, 2.24) is 15.1 Å². The summed E-state index contributed by atoms with van der Waals surface area (Å²) in [5.41, 5.74) is 0.894. The fourth-order valence-corrected chi connectivity index (χ4v) is 2.35. The van der Waals surface area contributed by atoms with Crippen LogP contribution in [0.2, 0.25) is 0 Å². The zero-order valence-corrected chi connectivity index (χ0v) is 14.2. The molecule has 1 aromatic rings. The Morgan fingerprint density at radius 2 is 1.70 bits per heavy atom. The third kappa shape index (κ3) is 4.77. The lowest BCUT2D eigenvalue weighted by Gasteiger charge is -2.14. The number of nitrogens with zero attached hydrogens (tertiary/aromatic N) is 2. The van der Waals surface area contributed by atoms with E-state index in [1.54, 1.807) is 24.3 Å². The van der Waals surface area contributed by atoms with Crippen LogP contribution in [0.1, 0.15) is 33.6 Å². The molecule has 0 unspecified atom stereocenters. The highest BCUT2D eigenvalue weighted by Crippen LogP contribution is 2.22. The van der Waals surface area contributed by atoms with Crippen LogP contribution in [0, 0.1) is 0 Å². The Kier molecular flexibility index (Phi) is 7.19. The summed E-state index contributed by atoms with van der Waals surface area (Å²) in [6, 6.07) is 6.80. The van der Waals surface area contributed by atoms with Gasteiger partial charge in [-0.25, -0.2) is 0 Å². The number of rotatable bonds is 7. The molecule has 6 nitrogen and oxygen atoms in total. The number of carbonyl (C=O) groups is 3. The molecule has 0 fully saturated rings. The molecule has 0 spiro atoms. The highest BCUT2D eigenvalue weighted by Gasteiger charge is 2.34. The summed E-state index contributed by atoms with van der Waals surface area (Å²) in [7, 11) is 3.88. The lowest BCUT2D eigenvalue weighted by molar-refractivity contribution is -0.121. The lowest BCUT2D eigenvalue weighted by Crippen LogP contribution is -2.33. The molecule has 2 rings (SSSR count). The van der Waals surface area contributed by atoms with Gasteiger partial charge in [-0.3, -0.25) is 19.3 Å². The van der Waals surface area contributed by atoms with Crippen LogP contribution in [0.3, 0.4) is 0 Å². The zero-order valence-electron chi connectivity index (χ0n) is 13.4. The average molecular weight is 340 g/mol. The van der Waals surface area contributed by atoms with Gasteiger partial charge in [-0.05, 0) is 32.6 Å². The monoisotopic (exact) mass is 339 g/mol. The van der Waals surface area contributed by atoms with E-state index in [2.05, 4.69) is 5.32 Å². The molecular weight excluding hydrogens is 318 g/mol. The lowest BCUT2D eigenvalue weighted by atomic mass is 10.1. The summed E-state index contributed by atoms with van der Waals surface area (Å²) in [5, 5.41) is 2.81. The van der Waals surface area contributed by atoms with Crippen molar-refractivity contribution in [3.8, 4) is 0 Å². The Balaban J connectivity index is 0.00000264. The van der Waals surface area contributed by atoms with Gasteiger partial charge in [-0.2, -0.15) is 0 Å². The molecule has 0 radical (unpaired) electrons. The molecule has 1 heterocycles. The molecule has 1 aliphatic heterocycles. The number of likely N-dealkylation sites (N-methyl/N-ethyl adjacent to an activating group) is 1. The van der Waals surface area contributed by atoms with E-state index in [9.17, 15) is 14.4 Å². The Labute approximate surface area is 142 Å². The van der Waals surface area contributed by atoms with Crippen LogP contribution in [-0.2, 0) is 4.79 Å². The second kappa shape index (κ2) is 8.64. The first kappa shape index (κ1) is 19.1. The van der Waals surface area contributed by atoms with Gasteiger partial charge in [0.2, 0.25) is 5.91 Å². The largest absolute Gasteiger partial charge is 0.355 e. The molecule has 23 heavy (non-hydrogen) atoms. The topological polar surface area (TPSA) is 69.7 Å². The van der Waals surface area contributed by atoms with Crippen LogP contribution in [0.5, 0.6) is 0 Å². The van der Waals surface area contributed by atoms with Crippen LogP contribution in [0.15, 0.2) is 24.3 Å². The highest BCUT2D eigenvalue weighted by atomic mass is 35.5. The van der Waals surface area contributed by atoms with Gasteiger partial charge in [-0.1, -0.05) is 12.1 Å². The van der Waals surface area contributed by atoms with Crippen molar-refractivity contribution in [2.24, 2.45) is 0 Å². The van der Waals surface area contributed by atoms with E-state index in [4.69, 9.17) is 0 Å². The van der Waals surface area contributed by atoms with E-state index in [1.807, 2.05) is 19.0 Å². The molecule has 1 aromatic carbocycles. The molecule has 7 heteroatoms. The normalized spacial score (nSPS) is 13.1. The molecule has 0 aromatic heterocycles. The van der Waals surface area contributed by atoms with Gasteiger partial charge in [-0.15, -0.1) is 12.4 Å². The second-order valence-electron chi connectivity index (χ2n) is 5.56. The molecule has 0 saturated heterocycles. The van der Waals surface area contributed by atoms with E-state index in [0.717, 1.165) is 6.54 Å². The van der Waals surface area contributed by atoms with Gasteiger partial charge in [0, 0.05) is 26.1 Å². The minimum absolute atomic E-state index is 0. The smallest absolute Gasteiger partial charge is 0.261 e. The van der Waals surface area contributed by atoms with Crippen LogP contribution in [-0.4, -0.2) is 61.3 Å². The maximum atomic E-state index is 12.1. The molecule has 0 saturated carbocycles. The summed E-state index contributed by atoms with van der Waals surface area (Å²) in [4.78, 5) is 39.1. The Morgan fingerprint density at radius 1 is 1.13 bits per heavy atom. The SMILES string of the molecule is CN(C)CCNC(=O)CCCN1C(=O)c2ccccc2C1=O.Cl. The molecule has 0 aliphatic carbocycles. The maximum absolute atomic E-state index is 12.1. The van der Waals surface area contributed by atoms with Gasteiger partial charge in [0.15, 0.2) is 0 Å². The van der Waals surface area contributed by atoms with Crippen LogP contribution in [0.25, 0.3) is 0 Å². The van der Waals surface area contributed by atoms with Crippen LogP contribution in [0.4, 0.5) is 0 Å². The quantitative estimate of drug-likeness (QED) is 0.757. The zero-order chi connectivity index (χ0) is 16.1. The van der Waals surface area contributed by atoms with Crippen molar-refractivity contribution < 1.29 is 14.4 Å². The van der Waals surface area contributed by atoms with Crippen molar-refractivity contribution in [2.45, 2.75) is 12.8 Å². The van der Waals surface area contributed by atoms with E-state index in [0.29, 0.717) is 30.5 Å². The summed E-state index contributed by atoms with van der Waals surface area (Å²) in [5.74, 6) is -0.597. The van der Waals surface area contributed by atoms with Crippen LogP contribution >= 0.6 is 12.4 Å². The number of imide groups is 1. The average Bonchev–Trinajstić information content (AvgIpc) is 2.72. The molecular formula is C16H22ClN3O3. The minimum atomic E-state index is -0.270. The molecule has 1 aliphatic rings. The maximum Gasteiger partial charge on any atom is 0.261 e. The van der Waals surface area contributed by atoms with Crippen molar-refractivity contribution in [2.75, 3.05) is 33.7 Å². The van der Waals surface area contributed by atoms with Crippen molar-refractivity contribution in [1.29, 1.82) is 0 Å². The second-order valence-corrected chi connectivity index (χ2v) is 5.56. The fraction of sp³-hybridized carbons (Fsp3) is 0.438. The van der Waals surface area contributed by atoms with E-state index >= 15 is 0 Å². The summed E-state index contributed by atoms with van der Waals surface area (Å²) in [6.45, 7) is 1.65. The number of hydrogen-bond acceptors (Lipinski definition) is 4. The van der Waals surface area contributed by atoms with Crippen LogP contribution < -0.4 is 5.32 Å². The molecule has 3 amide bonds. The number of benzene rings is 1. The van der Waals surface area contributed by atoms with Crippen molar-refractivity contribution in [3.63, 3.8) is 0 Å². The molecule has 1 N–H and O–H groups in total. The Hall–Kier alpha value is -1.92. The third-order valence-corrected chi connectivity index (χ3v) is 3.54. The Bertz CT molecular complexity index is 555. The third-order valence-electron chi connectivity index (χ3n) is 3.54. The number of fused-ring (bicyclic) bond motifs is 1. The number of carbonyl (C=O) groups excluding carboxylic acids is 3. The molecule has 0 bridgehead atoms. The number of nitrogens with one attached hydrogen (secondary N) is 1. The van der Waals surface area contributed by atoms with Gasteiger partial charge in [0.25, 0.3) is 11.8 Å². The predicted octanol–water partition coefficient (Wildman–Crippen LogP) is 1.16. The van der Waals surface area contributed by atoms with Gasteiger partial charge in [0.1, 0.15) is 0 Å². The number of hydrogen-bond donors (Lipinski definition) is 1. The number of amides is 3. The first-order chi connectivity index (χ1) is 10.5. The van der Waals surface area contributed by atoms with Crippen molar-refractivity contribution in [3.05, 3.63) is 35.4 Å². The summed E-state index contributed by atoms with van der Waals surface area (Å²) in [6.07, 6.45) is 0.778. The van der Waals surface area contributed by atoms with E-state index in [-0.39, 0.29) is 36.7 Å². The first-order valence-corrected chi connectivity index (χ1v) is 7.37. The Morgan fingerprint density at radius 3 is 2.22 bits per heavy atom. The van der Waals surface area contributed by atoms with Gasteiger partial charge < -0.3 is 10.2 Å². The van der Waals surface area contributed by atoms with Crippen molar-refractivity contribution >= 4 is 30.1 Å². The fourth-order valence-electron chi connectivity index (χ4n) is 2.35. The predicted molar refractivity (Wildman–Crippen MR) is 89.9 cm³/mol. The highest BCUT2D eigenvalue weighted by molar-refractivity contribution is 6.21.